The minimum absolute atomic E-state index is 0.00771. The van der Waals surface area contributed by atoms with Crippen molar-refractivity contribution < 1.29 is 14.3 Å². The number of carbonyl (C=O) groups excluding carboxylic acids is 2. The minimum atomic E-state index is -0.459. The average Bonchev–Trinajstić information content (AvgIpc) is 2.65. The highest BCUT2D eigenvalue weighted by Gasteiger charge is 2.49. The van der Waals surface area contributed by atoms with E-state index in [0.29, 0.717) is 26.1 Å². The van der Waals surface area contributed by atoms with E-state index in [2.05, 4.69) is 5.32 Å². The van der Waals surface area contributed by atoms with E-state index in [0.717, 1.165) is 19.4 Å². The number of ether oxygens (including phenoxy) is 1. The fourth-order valence-electron chi connectivity index (χ4n) is 2.79. The maximum atomic E-state index is 12.4. The standard InChI is InChI=1S/C13H22N2O3/c1-3-13(4-2)7-11(16)15(12(13)17)9-10-8-14-5-6-18-10/h10,14H,3-9H2,1-2H3. The lowest BCUT2D eigenvalue weighted by molar-refractivity contribution is -0.144. The number of nitrogens with one attached hydrogen (secondary N) is 1. The van der Waals surface area contributed by atoms with Gasteiger partial charge in [-0.15, -0.1) is 0 Å². The molecule has 2 heterocycles. The molecule has 0 aromatic rings. The largest absolute Gasteiger partial charge is 0.374 e. The molecule has 5 nitrogen and oxygen atoms in total. The number of hydrogen-bond donors (Lipinski definition) is 1. The first kappa shape index (κ1) is 13.5. The smallest absolute Gasteiger partial charge is 0.235 e. The second-order valence-electron chi connectivity index (χ2n) is 5.17. The zero-order valence-electron chi connectivity index (χ0n) is 11.2. The summed E-state index contributed by atoms with van der Waals surface area (Å²) in [6.45, 7) is 6.56. The van der Waals surface area contributed by atoms with Crippen molar-refractivity contribution in [2.24, 2.45) is 5.41 Å². The van der Waals surface area contributed by atoms with E-state index in [-0.39, 0.29) is 17.9 Å². The van der Waals surface area contributed by atoms with Crippen LogP contribution in [0, 0.1) is 5.41 Å². The normalized spacial score (nSPS) is 27.9. The molecule has 2 amide bonds. The molecule has 102 valence electrons. The molecule has 2 saturated heterocycles. The van der Waals surface area contributed by atoms with Gasteiger partial charge in [0.05, 0.1) is 24.7 Å². The highest BCUT2D eigenvalue weighted by molar-refractivity contribution is 6.05. The van der Waals surface area contributed by atoms with Crippen LogP contribution in [0.4, 0.5) is 0 Å². The van der Waals surface area contributed by atoms with Gasteiger partial charge in [-0.3, -0.25) is 14.5 Å². The zero-order chi connectivity index (χ0) is 13.2. The van der Waals surface area contributed by atoms with E-state index in [1.165, 1.54) is 4.90 Å². The first-order valence-corrected chi connectivity index (χ1v) is 6.80. The van der Waals surface area contributed by atoms with E-state index in [1.807, 2.05) is 13.8 Å². The first-order valence-electron chi connectivity index (χ1n) is 6.80. The predicted octanol–water partition coefficient (Wildman–Crippen LogP) is 0.540. The van der Waals surface area contributed by atoms with Gasteiger partial charge in [-0.2, -0.15) is 0 Å². The monoisotopic (exact) mass is 254 g/mol. The quantitative estimate of drug-likeness (QED) is 0.744. The molecule has 5 heteroatoms. The molecule has 2 aliphatic heterocycles. The van der Waals surface area contributed by atoms with Gasteiger partial charge in [-0.25, -0.2) is 0 Å². The van der Waals surface area contributed by atoms with Gasteiger partial charge in [0.1, 0.15) is 0 Å². The molecule has 0 aliphatic carbocycles. The Morgan fingerprint density at radius 3 is 2.61 bits per heavy atom. The van der Waals surface area contributed by atoms with Crippen molar-refractivity contribution in [2.45, 2.75) is 39.2 Å². The lowest BCUT2D eigenvalue weighted by atomic mass is 9.81. The Hall–Kier alpha value is -0.940. The van der Waals surface area contributed by atoms with Crippen LogP contribution in [-0.2, 0) is 14.3 Å². The molecule has 18 heavy (non-hydrogen) atoms. The molecule has 2 fully saturated rings. The van der Waals surface area contributed by atoms with E-state index in [9.17, 15) is 9.59 Å². The predicted molar refractivity (Wildman–Crippen MR) is 67.0 cm³/mol. The van der Waals surface area contributed by atoms with Gasteiger partial charge in [0.15, 0.2) is 0 Å². The molecule has 0 bridgehead atoms. The molecule has 0 aromatic heterocycles. The van der Waals surface area contributed by atoms with Gasteiger partial charge in [-0.05, 0) is 12.8 Å². The van der Waals surface area contributed by atoms with Crippen LogP contribution in [0.5, 0.6) is 0 Å². The Bertz CT molecular complexity index is 333. The number of carbonyl (C=O) groups is 2. The Balaban J connectivity index is 2.04. The van der Waals surface area contributed by atoms with Crippen LogP contribution in [0.15, 0.2) is 0 Å². The maximum absolute atomic E-state index is 12.4. The van der Waals surface area contributed by atoms with E-state index in [1.54, 1.807) is 0 Å². The number of hydrogen-bond acceptors (Lipinski definition) is 4. The molecule has 1 atom stereocenters. The molecule has 2 rings (SSSR count). The molecule has 0 spiro atoms. The summed E-state index contributed by atoms with van der Waals surface area (Å²) in [7, 11) is 0. The molecule has 0 saturated carbocycles. The number of imide groups is 1. The van der Waals surface area contributed by atoms with Crippen molar-refractivity contribution in [3.05, 3.63) is 0 Å². The topological polar surface area (TPSA) is 58.6 Å². The molecule has 2 aliphatic rings. The molecular formula is C13H22N2O3. The van der Waals surface area contributed by atoms with Crippen molar-refractivity contribution in [3.63, 3.8) is 0 Å². The minimum Gasteiger partial charge on any atom is -0.374 e. The van der Waals surface area contributed by atoms with Crippen molar-refractivity contribution in [1.29, 1.82) is 0 Å². The second kappa shape index (κ2) is 5.36. The SMILES string of the molecule is CCC1(CC)CC(=O)N(CC2CNCCO2)C1=O. The third-order valence-electron chi connectivity index (χ3n) is 4.23. The summed E-state index contributed by atoms with van der Waals surface area (Å²) in [4.78, 5) is 25.8. The summed E-state index contributed by atoms with van der Waals surface area (Å²) in [6, 6.07) is 0. The van der Waals surface area contributed by atoms with Crippen LogP contribution in [0.1, 0.15) is 33.1 Å². The number of likely N-dealkylation sites (tertiary alicyclic amines) is 1. The Labute approximate surface area is 108 Å². The van der Waals surface area contributed by atoms with Crippen molar-refractivity contribution in [3.8, 4) is 0 Å². The fraction of sp³-hybridized carbons (Fsp3) is 0.846. The molecular weight excluding hydrogens is 232 g/mol. The third kappa shape index (κ3) is 2.29. The van der Waals surface area contributed by atoms with E-state index >= 15 is 0 Å². The van der Waals surface area contributed by atoms with Crippen LogP contribution in [0.2, 0.25) is 0 Å². The Kier molecular flexibility index (Phi) is 4.02. The van der Waals surface area contributed by atoms with E-state index in [4.69, 9.17) is 4.74 Å². The summed E-state index contributed by atoms with van der Waals surface area (Å²) in [6.07, 6.45) is 1.76. The second-order valence-corrected chi connectivity index (χ2v) is 5.17. The van der Waals surface area contributed by atoms with Gasteiger partial charge in [-0.1, -0.05) is 13.8 Å². The zero-order valence-corrected chi connectivity index (χ0v) is 11.2. The lowest BCUT2D eigenvalue weighted by Crippen LogP contribution is -2.47. The maximum Gasteiger partial charge on any atom is 0.235 e. The molecule has 0 aromatic carbocycles. The molecule has 0 radical (unpaired) electrons. The number of amides is 2. The fourth-order valence-corrected chi connectivity index (χ4v) is 2.79. The highest BCUT2D eigenvalue weighted by Crippen LogP contribution is 2.39. The van der Waals surface area contributed by atoms with Crippen LogP contribution < -0.4 is 5.32 Å². The van der Waals surface area contributed by atoms with Crippen LogP contribution in [0.3, 0.4) is 0 Å². The van der Waals surface area contributed by atoms with Crippen LogP contribution >= 0.6 is 0 Å². The number of morpholine rings is 1. The summed E-state index contributed by atoms with van der Waals surface area (Å²) in [5, 5.41) is 3.21. The Morgan fingerprint density at radius 2 is 2.11 bits per heavy atom. The van der Waals surface area contributed by atoms with Crippen LogP contribution in [0.25, 0.3) is 0 Å². The molecule has 1 N–H and O–H groups in total. The summed E-state index contributed by atoms with van der Waals surface area (Å²) in [5.74, 6) is -0.0513. The first-order chi connectivity index (χ1) is 8.63. The van der Waals surface area contributed by atoms with Crippen molar-refractivity contribution >= 4 is 11.8 Å². The van der Waals surface area contributed by atoms with Crippen molar-refractivity contribution in [1.82, 2.24) is 10.2 Å². The van der Waals surface area contributed by atoms with Gasteiger partial charge < -0.3 is 10.1 Å². The summed E-state index contributed by atoms with van der Waals surface area (Å²) < 4.78 is 5.56. The van der Waals surface area contributed by atoms with Gasteiger partial charge in [0, 0.05) is 19.5 Å². The number of nitrogens with zero attached hydrogens (tertiary/aromatic N) is 1. The van der Waals surface area contributed by atoms with Gasteiger partial charge in [0.25, 0.3) is 0 Å². The van der Waals surface area contributed by atoms with Gasteiger partial charge >= 0.3 is 0 Å². The van der Waals surface area contributed by atoms with E-state index < -0.39 is 5.41 Å². The van der Waals surface area contributed by atoms with Gasteiger partial charge in [0.2, 0.25) is 11.8 Å². The number of rotatable bonds is 4. The Morgan fingerprint density at radius 1 is 1.39 bits per heavy atom. The van der Waals surface area contributed by atoms with Crippen LogP contribution in [-0.4, -0.2) is 49.1 Å². The summed E-state index contributed by atoms with van der Waals surface area (Å²) >= 11 is 0. The third-order valence-corrected chi connectivity index (χ3v) is 4.23. The highest BCUT2D eigenvalue weighted by atomic mass is 16.5. The van der Waals surface area contributed by atoms with Crippen molar-refractivity contribution in [2.75, 3.05) is 26.2 Å². The molecule has 1 unspecified atom stereocenters. The lowest BCUT2D eigenvalue weighted by Gasteiger charge is -2.28. The average molecular weight is 254 g/mol. The summed E-state index contributed by atoms with van der Waals surface area (Å²) in [5.41, 5.74) is -0.459.